The first kappa shape index (κ1) is 58.0. The molecule has 0 unspecified atom stereocenters. The molecule has 14 heteroatoms. The Bertz CT molecular complexity index is 2890. The highest BCUT2D eigenvalue weighted by Crippen LogP contribution is 2.26. The molecule has 8 aromatic rings. The van der Waals surface area contributed by atoms with E-state index in [4.69, 9.17) is 10.8 Å². The van der Waals surface area contributed by atoms with E-state index < -0.39 is 35.6 Å². The van der Waals surface area contributed by atoms with E-state index in [1.807, 2.05) is 146 Å². The number of hydrogen-bond donors (Lipinski definition) is 5. The van der Waals surface area contributed by atoms with Crippen molar-refractivity contribution in [1.29, 1.82) is 0 Å². The molecule has 0 spiro atoms. The summed E-state index contributed by atoms with van der Waals surface area (Å²) in [6.07, 6.45) is 0.850. The van der Waals surface area contributed by atoms with Gasteiger partial charge in [0.05, 0.1) is 11.6 Å². The first-order valence-corrected chi connectivity index (χ1v) is 24.5. The lowest BCUT2D eigenvalue weighted by molar-refractivity contribution is -0.118. The van der Waals surface area contributed by atoms with Gasteiger partial charge in [0.2, 0.25) is 11.8 Å². The molecule has 0 bridgehead atoms. The number of rotatable bonds is 17. The van der Waals surface area contributed by atoms with E-state index in [1.165, 1.54) is 52.4 Å². The number of nitrogens with one attached hydrogen (secondary N) is 3. The number of carbonyl (C=O) groups excluding carboxylic acids is 3. The smallest absolute Gasteiger partial charge is 0.335 e. The molecule has 3 amide bonds. The lowest BCUT2D eigenvalue weighted by Gasteiger charge is -2.19. The highest BCUT2D eigenvalue weighted by molar-refractivity contribution is 7.98. The second kappa shape index (κ2) is 31.0. The van der Waals surface area contributed by atoms with Crippen LogP contribution in [0.2, 0.25) is 0 Å². The average Bonchev–Trinajstić information content (AvgIpc) is 3.40. The molecule has 0 heterocycles. The Kier molecular flexibility index (Phi) is 24.7. The van der Waals surface area contributed by atoms with Crippen LogP contribution in [-0.4, -0.2) is 40.9 Å². The molecule has 0 radical (unpaired) electrons. The summed E-state index contributed by atoms with van der Waals surface area (Å²) in [5.41, 5.74) is 12.3. The van der Waals surface area contributed by atoms with Gasteiger partial charge in [-0.3, -0.25) is 14.4 Å². The van der Waals surface area contributed by atoms with Crippen molar-refractivity contribution in [3.05, 3.63) is 263 Å². The van der Waals surface area contributed by atoms with Gasteiger partial charge >= 0.3 is 5.97 Å². The molecule has 6 N–H and O–H groups in total. The van der Waals surface area contributed by atoms with Crippen LogP contribution in [0.5, 0.6) is 0 Å². The maximum absolute atomic E-state index is 13.2. The number of nitrogens with two attached hydrogens (primary N) is 1. The first-order valence-electron chi connectivity index (χ1n) is 22.5. The summed E-state index contributed by atoms with van der Waals surface area (Å²) in [5, 5.41) is 16.9. The van der Waals surface area contributed by atoms with Gasteiger partial charge in [-0.05, 0) is 126 Å². The first-order chi connectivity index (χ1) is 34.5. The highest BCUT2D eigenvalue weighted by Gasteiger charge is 2.22. The van der Waals surface area contributed by atoms with Crippen LogP contribution in [0.3, 0.4) is 0 Å². The van der Waals surface area contributed by atoms with Gasteiger partial charge in [0.1, 0.15) is 17.7 Å². The fraction of sp³-hybridized carbons (Fsp3) is 0.119. The van der Waals surface area contributed by atoms with Gasteiger partial charge < -0.3 is 26.8 Å². The van der Waals surface area contributed by atoms with Crippen molar-refractivity contribution in [3.8, 4) is 0 Å². The molecule has 0 saturated heterocycles. The standard InChI is InChI=1S/C29H25FN2O2S.C22H22N2OS.C7H5FO2.CH4.ClH/c30-24-13-11-23(12-14-24)28(33)32-27(19-21-7-3-1-4-8-21)29(34)31-25-15-17-26(18-16-25)35-20-22-9-5-2-6-10-22;23-21(15-17-7-3-1-4-8-17)22(25)24-19-11-13-20(14-12-19)26-16-18-9-5-2-6-10-18;8-6-3-1-5(2-4-6)7(9)10;;/h1-18,27H,19-20H2,(H,31,34)(H,32,33);1-14,21H,15-16,23H2,(H,24,25);1-4H,(H,9,10);1H4;1H/t27-;21-;;;/m00.../s1. The van der Waals surface area contributed by atoms with Crippen LogP contribution in [0.1, 0.15) is 50.4 Å². The fourth-order valence-corrected chi connectivity index (χ4v) is 8.38. The predicted octanol–water partition coefficient (Wildman–Crippen LogP) is 13.2. The number of carbonyl (C=O) groups is 4. The third-order valence-electron chi connectivity index (χ3n) is 10.5. The van der Waals surface area contributed by atoms with Gasteiger partial charge in [-0.1, -0.05) is 129 Å². The van der Waals surface area contributed by atoms with Crippen molar-refractivity contribution < 1.29 is 33.1 Å². The van der Waals surface area contributed by atoms with Crippen LogP contribution < -0.4 is 21.7 Å². The Labute approximate surface area is 440 Å². The Morgan fingerprint density at radius 1 is 0.466 bits per heavy atom. The lowest BCUT2D eigenvalue weighted by Crippen LogP contribution is -2.45. The average molecular weight is 1040 g/mol. The number of anilines is 2. The molecular weight excluding hydrogens is 982 g/mol. The van der Waals surface area contributed by atoms with E-state index in [2.05, 4.69) is 40.2 Å². The van der Waals surface area contributed by atoms with Gasteiger partial charge in [0.15, 0.2) is 0 Å². The molecule has 9 nitrogen and oxygen atoms in total. The Balaban J connectivity index is 0.000000267. The molecule has 0 aliphatic carbocycles. The second-order valence-corrected chi connectivity index (χ2v) is 18.0. The fourth-order valence-electron chi connectivity index (χ4n) is 6.67. The Hall–Kier alpha value is -7.55. The quantitative estimate of drug-likeness (QED) is 0.0566. The zero-order valence-corrected chi connectivity index (χ0v) is 41.4. The number of carboxylic acid groups (broad SMARTS) is 1. The maximum Gasteiger partial charge on any atom is 0.335 e. The van der Waals surface area contributed by atoms with Crippen LogP contribution >= 0.6 is 35.9 Å². The van der Waals surface area contributed by atoms with Gasteiger partial charge in [-0.25, -0.2) is 13.6 Å². The topological polar surface area (TPSA) is 151 Å². The van der Waals surface area contributed by atoms with E-state index in [0.717, 1.165) is 45.3 Å². The van der Waals surface area contributed by atoms with Crippen LogP contribution in [0.15, 0.2) is 228 Å². The number of benzene rings is 8. The molecule has 8 rings (SSSR count). The molecule has 2 atom stereocenters. The molecule has 8 aromatic carbocycles. The number of amides is 3. The number of hydrogen-bond acceptors (Lipinski definition) is 7. The molecular formula is C59H57ClF2N4O5S2. The zero-order valence-electron chi connectivity index (χ0n) is 38.9. The summed E-state index contributed by atoms with van der Waals surface area (Å²) < 4.78 is 25.4. The SMILES string of the molecule is C.Cl.N[C@@H](Cc1ccccc1)C(=O)Nc1ccc(SCc2ccccc2)cc1.O=C(N[C@@H](Cc1ccccc1)C(=O)Nc1ccc(SCc2ccccc2)cc1)c1ccc(F)cc1.O=C(O)c1ccc(F)cc1. The highest BCUT2D eigenvalue weighted by atomic mass is 35.5. The number of aromatic carboxylic acids is 1. The van der Waals surface area contributed by atoms with Crippen molar-refractivity contribution in [2.75, 3.05) is 10.6 Å². The predicted molar refractivity (Wildman–Crippen MR) is 295 cm³/mol. The largest absolute Gasteiger partial charge is 0.478 e. The molecule has 0 aliphatic heterocycles. The van der Waals surface area contributed by atoms with E-state index in [-0.39, 0.29) is 42.8 Å². The van der Waals surface area contributed by atoms with Crippen LogP contribution in [0.25, 0.3) is 0 Å². The Morgan fingerprint density at radius 2 is 0.822 bits per heavy atom. The van der Waals surface area contributed by atoms with E-state index in [9.17, 15) is 28.0 Å². The van der Waals surface area contributed by atoms with E-state index in [0.29, 0.717) is 18.5 Å². The summed E-state index contributed by atoms with van der Waals surface area (Å²) >= 11 is 3.49. The summed E-state index contributed by atoms with van der Waals surface area (Å²) in [4.78, 5) is 50.6. The van der Waals surface area contributed by atoms with Crippen LogP contribution in [-0.2, 0) is 33.9 Å². The van der Waals surface area contributed by atoms with Gasteiger partial charge in [0.25, 0.3) is 5.91 Å². The van der Waals surface area contributed by atoms with Crippen molar-refractivity contribution in [2.45, 2.75) is 53.6 Å². The van der Waals surface area contributed by atoms with Crippen molar-refractivity contribution in [3.63, 3.8) is 0 Å². The number of carboxylic acids is 1. The minimum atomic E-state index is -1.04. The van der Waals surface area contributed by atoms with Gasteiger partial charge in [-0.15, -0.1) is 35.9 Å². The lowest BCUT2D eigenvalue weighted by atomic mass is 10.0. The molecule has 73 heavy (non-hydrogen) atoms. The van der Waals surface area contributed by atoms with E-state index >= 15 is 0 Å². The van der Waals surface area contributed by atoms with Crippen molar-refractivity contribution in [1.82, 2.24) is 5.32 Å². The second-order valence-electron chi connectivity index (χ2n) is 15.9. The number of halogens is 3. The van der Waals surface area contributed by atoms with Gasteiger partial charge in [0, 0.05) is 44.7 Å². The maximum atomic E-state index is 13.2. The normalized spacial score (nSPS) is 10.9. The van der Waals surface area contributed by atoms with Crippen LogP contribution in [0, 0.1) is 11.6 Å². The summed E-state index contributed by atoms with van der Waals surface area (Å²) in [5.74, 6) is -1.04. The molecule has 376 valence electrons. The summed E-state index contributed by atoms with van der Waals surface area (Å²) in [6.45, 7) is 0. The molecule has 0 aliphatic rings. The minimum absolute atomic E-state index is 0. The molecule has 0 fully saturated rings. The van der Waals surface area contributed by atoms with Crippen molar-refractivity contribution in [2.24, 2.45) is 5.73 Å². The zero-order chi connectivity index (χ0) is 50.2. The third kappa shape index (κ3) is 20.6. The summed E-state index contributed by atoms with van der Waals surface area (Å²) in [7, 11) is 0. The monoisotopic (exact) mass is 1040 g/mol. The summed E-state index contributed by atoms with van der Waals surface area (Å²) in [6, 6.07) is 63.9. The van der Waals surface area contributed by atoms with E-state index in [1.54, 1.807) is 23.5 Å². The van der Waals surface area contributed by atoms with Gasteiger partial charge in [-0.2, -0.15) is 0 Å². The number of thioether (sulfide) groups is 2. The molecule has 0 saturated carbocycles. The Morgan fingerprint density at radius 3 is 1.22 bits per heavy atom. The third-order valence-corrected chi connectivity index (χ3v) is 12.6. The van der Waals surface area contributed by atoms with Crippen molar-refractivity contribution >= 4 is 71.0 Å². The van der Waals surface area contributed by atoms with Crippen LogP contribution in [0.4, 0.5) is 20.2 Å². The minimum Gasteiger partial charge on any atom is -0.478 e. The molecule has 0 aromatic heterocycles.